The molecule has 19 heavy (non-hydrogen) atoms. The van der Waals surface area contributed by atoms with Gasteiger partial charge in [-0.15, -0.1) is 0 Å². The molecular formula is C13H21BrN2O2S. The summed E-state index contributed by atoms with van der Waals surface area (Å²) in [6, 6.07) is 4.08. The van der Waals surface area contributed by atoms with Crippen molar-refractivity contribution >= 4 is 26.0 Å². The lowest BCUT2D eigenvalue weighted by molar-refractivity contribution is 0.519. The van der Waals surface area contributed by atoms with E-state index >= 15 is 0 Å². The van der Waals surface area contributed by atoms with Gasteiger partial charge in [0, 0.05) is 31.2 Å². The normalized spacial score (nSPS) is 12.4. The number of aryl methyl sites for hydroxylation is 1. The molecule has 1 aromatic rings. The minimum atomic E-state index is -3.43. The summed E-state index contributed by atoms with van der Waals surface area (Å²) in [5.74, 6) is 0. The van der Waals surface area contributed by atoms with Gasteiger partial charge in [-0.1, -0.05) is 19.9 Å². The highest BCUT2D eigenvalue weighted by Crippen LogP contribution is 2.28. The summed E-state index contributed by atoms with van der Waals surface area (Å²) in [4.78, 5) is 0.318. The number of sulfonamides is 1. The van der Waals surface area contributed by atoms with Crippen molar-refractivity contribution in [1.82, 2.24) is 9.62 Å². The van der Waals surface area contributed by atoms with E-state index in [9.17, 15) is 8.42 Å². The van der Waals surface area contributed by atoms with E-state index in [1.807, 2.05) is 13.0 Å². The van der Waals surface area contributed by atoms with Crippen molar-refractivity contribution in [3.63, 3.8) is 0 Å². The van der Waals surface area contributed by atoms with Gasteiger partial charge < -0.3 is 5.32 Å². The van der Waals surface area contributed by atoms with Crippen LogP contribution in [-0.4, -0.2) is 32.9 Å². The second-order valence-electron chi connectivity index (χ2n) is 5.05. The third-order valence-electron chi connectivity index (χ3n) is 2.75. The van der Waals surface area contributed by atoms with Gasteiger partial charge in [-0.3, -0.25) is 0 Å². The zero-order valence-corrected chi connectivity index (χ0v) is 14.4. The number of halogens is 1. The summed E-state index contributed by atoms with van der Waals surface area (Å²) in [5.41, 5.74) is 1.89. The molecule has 0 unspecified atom stereocenters. The zero-order chi connectivity index (χ0) is 14.8. The fourth-order valence-corrected chi connectivity index (χ4v) is 3.54. The average Bonchev–Trinajstić information content (AvgIpc) is 2.29. The molecule has 1 N–H and O–H groups in total. The number of benzene rings is 1. The molecule has 1 rings (SSSR count). The average molecular weight is 349 g/mol. The van der Waals surface area contributed by atoms with Crippen molar-refractivity contribution < 1.29 is 8.42 Å². The highest BCUT2D eigenvalue weighted by Gasteiger charge is 2.22. The van der Waals surface area contributed by atoms with Crippen LogP contribution in [-0.2, 0) is 16.6 Å². The Morgan fingerprint density at radius 3 is 2.37 bits per heavy atom. The van der Waals surface area contributed by atoms with Crippen molar-refractivity contribution in [2.45, 2.75) is 38.3 Å². The van der Waals surface area contributed by atoms with Gasteiger partial charge in [0.05, 0.1) is 4.90 Å². The van der Waals surface area contributed by atoms with Gasteiger partial charge in [-0.05, 0) is 40.0 Å². The summed E-state index contributed by atoms with van der Waals surface area (Å²) in [5, 5.41) is 3.29. The van der Waals surface area contributed by atoms with Gasteiger partial charge in [0.1, 0.15) is 0 Å². The lowest BCUT2D eigenvalue weighted by Gasteiger charge is -2.16. The molecule has 0 bridgehead atoms. The molecule has 0 heterocycles. The van der Waals surface area contributed by atoms with Crippen molar-refractivity contribution in [3.8, 4) is 0 Å². The Morgan fingerprint density at radius 2 is 1.89 bits per heavy atom. The van der Waals surface area contributed by atoms with Gasteiger partial charge in [0.2, 0.25) is 10.0 Å². The summed E-state index contributed by atoms with van der Waals surface area (Å²) < 4.78 is 26.4. The van der Waals surface area contributed by atoms with E-state index in [4.69, 9.17) is 0 Å². The van der Waals surface area contributed by atoms with Crippen LogP contribution in [0.25, 0.3) is 0 Å². The number of nitrogens with zero attached hydrogens (tertiary/aromatic N) is 1. The van der Waals surface area contributed by atoms with E-state index in [0.717, 1.165) is 11.1 Å². The molecule has 0 amide bonds. The maximum absolute atomic E-state index is 12.3. The predicted octanol–water partition coefficient (Wildman–Crippen LogP) is 2.51. The predicted molar refractivity (Wildman–Crippen MR) is 81.7 cm³/mol. The third kappa shape index (κ3) is 4.02. The minimum Gasteiger partial charge on any atom is -0.310 e. The summed E-state index contributed by atoms with van der Waals surface area (Å²) in [7, 11) is -0.357. The maximum Gasteiger partial charge on any atom is 0.243 e. The van der Waals surface area contributed by atoms with Crippen LogP contribution in [0.15, 0.2) is 21.5 Å². The maximum atomic E-state index is 12.3. The lowest BCUT2D eigenvalue weighted by atomic mass is 10.1. The standard InChI is InChI=1S/C13H21BrN2O2S/c1-9(2)15-8-11-6-10(3)13(14)12(7-11)19(17,18)16(4)5/h6-7,9,15H,8H2,1-5H3. The van der Waals surface area contributed by atoms with Gasteiger partial charge >= 0.3 is 0 Å². The van der Waals surface area contributed by atoms with Crippen LogP contribution in [0.4, 0.5) is 0 Å². The van der Waals surface area contributed by atoms with Crippen LogP contribution in [0.3, 0.4) is 0 Å². The van der Waals surface area contributed by atoms with Gasteiger partial charge in [0.15, 0.2) is 0 Å². The molecule has 0 saturated carbocycles. The first kappa shape index (κ1) is 16.6. The Balaban J connectivity index is 3.25. The largest absolute Gasteiger partial charge is 0.310 e. The molecule has 0 fully saturated rings. The van der Waals surface area contributed by atoms with Crippen LogP contribution in [0, 0.1) is 6.92 Å². The molecule has 0 atom stereocenters. The first-order chi connectivity index (χ1) is 8.66. The quantitative estimate of drug-likeness (QED) is 0.889. The fourth-order valence-electron chi connectivity index (χ4n) is 1.62. The van der Waals surface area contributed by atoms with E-state index in [1.165, 1.54) is 18.4 Å². The van der Waals surface area contributed by atoms with Crippen LogP contribution >= 0.6 is 15.9 Å². The van der Waals surface area contributed by atoms with Crippen LogP contribution in [0.1, 0.15) is 25.0 Å². The van der Waals surface area contributed by atoms with Crippen LogP contribution in [0.2, 0.25) is 0 Å². The third-order valence-corrected chi connectivity index (χ3v) is 5.91. The van der Waals surface area contributed by atoms with Crippen molar-refractivity contribution in [1.29, 1.82) is 0 Å². The highest BCUT2D eigenvalue weighted by molar-refractivity contribution is 9.10. The van der Waals surface area contributed by atoms with Crippen LogP contribution in [0.5, 0.6) is 0 Å². The second-order valence-corrected chi connectivity index (χ2v) is 7.96. The topological polar surface area (TPSA) is 49.4 Å². The van der Waals surface area contributed by atoms with E-state index in [1.54, 1.807) is 6.07 Å². The molecule has 0 radical (unpaired) electrons. The van der Waals surface area contributed by atoms with Crippen LogP contribution < -0.4 is 5.32 Å². The number of hydrogen-bond donors (Lipinski definition) is 1. The molecule has 6 heteroatoms. The Kier molecular flexibility index (Phi) is 5.55. The Labute approximate surface area is 124 Å². The summed E-state index contributed by atoms with van der Waals surface area (Å²) >= 11 is 3.37. The van der Waals surface area contributed by atoms with Gasteiger partial charge in [0.25, 0.3) is 0 Å². The lowest BCUT2D eigenvalue weighted by Crippen LogP contribution is -2.24. The number of nitrogens with one attached hydrogen (secondary N) is 1. The fraction of sp³-hybridized carbons (Fsp3) is 0.538. The Morgan fingerprint density at radius 1 is 1.32 bits per heavy atom. The monoisotopic (exact) mass is 348 g/mol. The SMILES string of the molecule is Cc1cc(CNC(C)C)cc(S(=O)(=O)N(C)C)c1Br. The first-order valence-electron chi connectivity index (χ1n) is 6.11. The highest BCUT2D eigenvalue weighted by atomic mass is 79.9. The van der Waals surface area contributed by atoms with Gasteiger partial charge in [-0.25, -0.2) is 12.7 Å². The Bertz CT molecular complexity index is 554. The second kappa shape index (κ2) is 6.35. The van der Waals surface area contributed by atoms with E-state index < -0.39 is 10.0 Å². The number of rotatable bonds is 5. The van der Waals surface area contributed by atoms with E-state index in [2.05, 4.69) is 35.1 Å². The summed E-state index contributed by atoms with van der Waals surface area (Å²) in [6.07, 6.45) is 0. The van der Waals surface area contributed by atoms with Crippen molar-refractivity contribution in [2.24, 2.45) is 0 Å². The molecular weight excluding hydrogens is 328 g/mol. The van der Waals surface area contributed by atoms with Crippen molar-refractivity contribution in [2.75, 3.05) is 14.1 Å². The smallest absolute Gasteiger partial charge is 0.243 e. The molecule has 0 aliphatic heterocycles. The molecule has 0 aromatic heterocycles. The zero-order valence-electron chi connectivity index (χ0n) is 12.0. The molecule has 0 saturated heterocycles. The summed E-state index contributed by atoms with van der Waals surface area (Å²) in [6.45, 7) is 6.67. The van der Waals surface area contributed by atoms with E-state index in [-0.39, 0.29) is 0 Å². The molecule has 108 valence electrons. The molecule has 0 aliphatic rings. The molecule has 0 aliphatic carbocycles. The van der Waals surface area contributed by atoms with Crippen molar-refractivity contribution in [3.05, 3.63) is 27.7 Å². The number of hydrogen-bond acceptors (Lipinski definition) is 3. The minimum absolute atomic E-state index is 0.318. The van der Waals surface area contributed by atoms with Gasteiger partial charge in [-0.2, -0.15) is 0 Å². The molecule has 4 nitrogen and oxygen atoms in total. The molecule has 1 aromatic carbocycles. The molecule has 0 spiro atoms. The Hall–Kier alpha value is -0.430. The van der Waals surface area contributed by atoms with E-state index in [0.29, 0.717) is 22.0 Å². The first-order valence-corrected chi connectivity index (χ1v) is 8.34.